The first kappa shape index (κ1) is 18.1. The van der Waals surface area contributed by atoms with E-state index in [1.54, 1.807) is 11.5 Å². The Hall–Kier alpha value is -2.28. The number of likely N-dealkylation sites (tertiary alicyclic amines) is 1. The number of halogens is 1. The van der Waals surface area contributed by atoms with Crippen molar-refractivity contribution in [3.05, 3.63) is 40.2 Å². The summed E-state index contributed by atoms with van der Waals surface area (Å²) in [5.41, 5.74) is 0.270. The van der Waals surface area contributed by atoms with Gasteiger partial charge < -0.3 is 9.64 Å². The summed E-state index contributed by atoms with van der Waals surface area (Å²) in [5.74, 6) is 0.742. The SMILES string of the molecule is Cc1nc2cc(F)ccc2c(=O)n1CC1CCN(C(=O)C2CCOC2)CC1. The molecule has 0 radical (unpaired) electrons. The normalized spacial score (nSPS) is 21.1. The standard InChI is InChI=1S/C20H24FN3O3/c1-13-22-18-10-16(21)2-3-17(18)20(26)24(13)11-14-4-7-23(8-5-14)19(25)15-6-9-27-12-15/h2-3,10,14-15H,4-9,11-12H2,1H3. The van der Waals surface area contributed by atoms with Crippen LogP contribution in [0.5, 0.6) is 0 Å². The van der Waals surface area contributed by atoms with Crippen molar-refractivity contribution in [3.63, 3.8) is 0 Å². The van der Waals surface area contributed by atoms with Crippen molar-refractivity contribution >= 4 is 16.8 Å². The second-order valence-corrected chi connectivity index (χ2v) is 7.57. The Morgan fingerprint density at radius 2 is 2.07 bits per heavy atom. The second kappa shape index (κ2) is 7.38. The molecule has 2 aliphatic rings. The quantitative estimate of drug-likeness (QED) is 0.827. The third-order valence-electron chi connectivity index (χ3n) is 5.75. The Morgan fingerprint density at radius 1 is 1.30 bits per heavy atom. The molecule has 2 fully saturated rings. The Morgan fingerprint density at radius 3 is 2.78 bits per heavy atom. The lowest BCUT2D eigenvalue weighted by molar-refractivity contribution is -0.137. The second-order valence-electron chi connectivity index (χ2n) is 7.57. The van der Waals surface area contributed by atoms with E-state index < -0.39 is 5.82 Å². The molecule has 2 saturated heterocycles. The fraction of sp³-hybridized carbons (Fsp3) is 0.550. The zero-order valence-corrected chi connectivity index (χ0v) is 15.5. The molecule has 144 valence electrons. The van der Waals surface area contributed by atoms with E-state index in [4.69, 9.17) is 4.74 Å². The van der Waals surface area contributed by atoms with Gasteiger partial charge in [0, 0.05) is 32.3 Å². The number of fused-ring (bicyclic) bond motifs is 1. The van der Waals surface area contributed by atoms with Crippen LogP contribution in [0.3, 0.4) is 0 Å². The summed E-state index contributed by atoms with van der Waals surface area (Å²) in [5, 5.41) is 0.441. The minimum Gasteiger partial charge on any atom is -0.381 e. The van der Waals surface area contributed by atoms with Crippen LogP contribution in [0.25, 0.3) is 10.9 Å². The molecule has 2 aliphatic heterocycles. The highest BCUT2D eigenvalue weighted by molar-refractivity contribution is 5.79. The van der Waals surface area contributed by atoms with Gasteiger partial charge in [0.25, 0.3) is 5.56 Å². The molecule has 0 saturated carbocycles. The molecular formula is C20H24FN3O3. The Bertz CT molecular complexity index is 913. The van der Waals surface area contributed by atoms with E-state index in [1.807, 2.05) is 4.90 Å². The van der Waals surface area contributed by atoms with Crippen molar-refractivity contribution in [2.75, 3.05) is 26.3 Å². The maximum absolute atomic E-state index is 13.4. The predicted molar refractivity (Wildman–Crippen MR) is 98.9 cm³/mol. The molecule has 0 N–H and O–H groups in total. The molecule has 1 aromatic carbocycles. The van der Waals surface area contributed by atoms with Gasteiger partial charge in [-0.3, -0.25) is 14.2 Å². The molecule has 2 aromatic rings. The van der Waals surface area contributed by atoms with E-state index >= 15 is 0 Å². The van der Waals surface area contributed by atoms with Crippen LogP contribution in [-0.4, -0.2) is 46.7 Å². The Labute approximate surface area is 156 Å². The predicted octanol–water partition coefficient (Wildman–Crippen LogP) is 2.12. The average Bonchev–Trinajstić information content (AvgIpc) is 3.19. The summed E-state index contributed by atoms with van der Waals surface area (Å²) in [7, 11) is 0. The maximum atomic E-state index is 13.4. The first-order chi connectivity index (χ1) is 13.0. The van der Waals surface area contributed by atoms with Gasteiger partial charge in [0.05, 0.1) is 23.4 Å². The number of benzene rings is 1. The van der Waals surface area contributed by atoms with Gasteiger partial charge in [0.1, 0.15) is 11.6 Å². The van der Waals surface area contributed by atoms with Gasteiger partial charge in [-0.25, -0.2) is 9.37 Å². The van der Waals surface area contributed by atoms with Crippen molar-refractivity contribution in [3.8, 4) is 0 Å². The summed E-state index contributed by atoms with van der Waals surface area (Å²) < 4.78 is 20.4. The highest BCUT2D eigenvalue weighted by Gasteiger charge is 2.30. The fourth-order valence-corrected chi connectivity index (χ4v) is 4.10. The van der Waals surface area contributed by atoms with E-state index in [0.29, 0.717) is 42.4 Å². The van der Waals surface area contributed by atoms with Crippen molar-refractivity contribution in [1.82, 2.24) is 14.5 Å². The molecule has 0 aliphatic carbocycles. The van der Waals surface area contributed by atoms with E-state index in [2.05, 4.69) is 4.98 Å². The number of rotatable bonds is 3. The Balaban J connectivity index is 1.45. The number of nitrogens with zero attached hydrogens (tertiary/aromatic N) is 3. The molecule has 1 amide bonds. The van der Waals surface area contributed by atoms with Gasteiger partial charge in [0.15, 0.2) is 0 Å². The van der Waals surface area contributed by atoms with Gasteiger partial charge in [-0.2, -0.15) is 0 Å². The zero-order valence-electron chi connectivity index (χ0n) is 15.5. The molecule has 4 rings (SSSR count). The summed E-state index contributed by atoms with van der Waals surface area (Å²) in [6.45, 7) is 5.02. The number of carbonyl (C=O) groups excluding carboxylic acids is 1. The zero-order chi connectivity index (χ0) is 19.0. The van der Waals surface area contributed by atoms with Crippen LogP contribution in [0.4, 0.5) is 4.39 Å². The van der Waals surface area contributed by atoms with Crippen LogP contribution in [0.2, 0.25) is 0 Å². The van der Waals surface area contributed by atoms with E-state index in [1.165, 1.54) is 18.2 Å². The lowest BCUT2D eigenvalue weighted by atomic mass is 9.95. The molecule has 0 spiro atoms. The van der Waals surface area contributed by atoms with Gasteiger partial charge in [-0.1, -0.05) is 0 Å². The summed E-state index contributed by atoms with van der Waals surface area (Å²) in [4.78, 5) is 31.6. The molecular weight excluding hydrogens is 349 g/mol. The number of aryl methyl sites for hydroxylation is 1. The number of amides is 1. The minimum absolute atomic E-state index is 0.0106. The number of carbonyl (C=O) groups is 1. The largest absolute Gasteiger partial charge is 0.381 e. The molecule has 1 atom stereocenters. The topological polar surface area (TPSA) is 64.4 Å². The molecule has 0 bridgehead atoms. The third kappa shape index (κ3) is 3.60. The summed E-state index contributed by atoms with van der Waals surface area (Å²) >= 11 is 0. The van der Waals surface area contributed by atoms with Crippen LogP contribution in [0, 0.1) is 24.6 Å². The van der Waals surface area contributed by atoms with E-state index in [9.17, 15) is 14.0 Å². The highest BCUT2D eigenvalue weighted by atomic mass is 19.1. The first-order valence-corrected chi connectivity index (χ1v) is 9.56. The lowest BCUT2D eigenvalue weighted by Crippen LogP contribution is -2.43. The van der Waals surface area contributed by atoms with Gasteiger partial charge >= 0.3 is 0 Å². The average molecular weight is 373 g/mol. The van der Waals surface area contributed by atoms with Gasteiger partial charge in [-0.15, -0.1) is 0 Å². The van der Waals surface area contributed by atoms with Gasteiger partial charge in [0.2, 0.25) is 5.91 Å². The van der Waals surface area contributed by atoms with Crippen molar-refractivity contribution in [2.24, 2.45) is 11.8 Å². The number of ether oxygens (including phenoxy) is 1. The van der Waals surface area contributed by atoms with Gasteiger partial charge in [-0.05, 0) is 44.2 Å². The first-order valence-electron chi connectivity index (χ1n) is 9.56. The molecule has 1 aromatic heterocycles. The van der Waals surface area contributed by atoms with Crippen LogP contribution >= 0.6 is 0 Å². The van der Waals surface area contributed by atoms with Crippen LogP contribution in [0.15, 0.2) is 23.0 Å². The van der Waals surface area contributed by atoms with E-state index in [-0.39, 0.29) is 17.4 Å². The van der Waals surface area contributed by atoms with Crippen molar-refractivity contribution < 1.29 is 13.9 Å². The van der Waals surface area contributed by atoms with Crippen LogP contribution in [0.1, 0.15) is 25.1 Å². The third-order valence-corrected chi connectivity index (χ3v) is 5.75. The molecule has 1 unspecified atom stereocenters. The van der Waals surface area contributed by atoms with E-state index in [0.717, 1.165) is 32.4 Å². The smallest absolute Gasteiger partial charge is 0.261 e. The monoisotopic (exact) mass is 373 g/mol. The molecule has 6 nitrogen and oxygen atoms in total. The molecule has 3 heterocycles. The molecule has 27 heavy (non-hydrogen) atoms. The summed E-state index contributed by atoms with van der Waals surface area (Å²) in [6, 6.07) is 4.09. The number of hydrogen-bond acceptors (Lipinski definition) is 4. The highest BCUT2D eigenvalue weighted by Crippen LogP contribution is 2.23. The van der Waals surface area contributed by atoms with Crippen LogP contribution in [-0.2, 0) is 16.1 Å². The molecule has 7 heteroatoms. The minimum atomic E-state index is -0.392. The Kier molecular flexibility index (Phi) is 4.95. The number of hydrogen-bond donors (Lipinski definition) is 0. The fourth-order valence-electron chi connectivity index (χ4n) is 4.10. The number of piperidine rings is 1. The maximum Gasteiger partial charge on any atom is 0.261 e. The van der Waals surface area contributed by atoms with Crippen LogP contribution < -0.4 is 5.56 Å². The van der Waals surface area contributed by atoms with Crippen molar-refractivity contribution in [1.29, 1.82) is 0 Å². The lowest BCUT2D eigenvalue weighted by Gasteiger charge is -2.33. The summed E-state index contributed by atoms with van der Waals surface area (Å²) in [6.07, 6.45) is 2.55. The van der Waals surface area contributed by atoms with Crippen molar-refractivity contribution in [2.45, 2.75) is 32.7 Å². The number of aromatic nitrogens is 2.